The summed E-state index contributed by atoms with van der Waals surface area (Å²) in [6.07, 6.45) is 1.57. The Morgan fingerprint density at radius 2 is 2.22 bits per heavy atom. The molecule has 18 heavy (non-hydrogen) atoms. The van der Waals surface area contributed by atoms with Crippen LogP contribution in [0, 0.1) is 0 Å². The lowest BCUT2D eigenvalue weighted by Gasteiger charge is -2.01. The first kappa shape index (κ1) is 11.8. The number of hydrogen-bond acceptors (Lipinski definition) is 5. The summed E-state index contributed by atoms with van der Waals surface area (Å²) >= 11 is 0. The van der Waals surface area contributed by atoms with E-state index in [2.05, 4.69) is 9.72 Å². The minimum Gasteiger partial charge on any atom is -0.465 e. The SMILES string of the molecule is COC(=O)c1ccnc2c1c(C=O)cn2C(=O)O. The van der Waals surface area contributed by atoms with Crippen LogP contribution in [0.5, 0.6) is 0 Å². The van der Waals surface area contributed by atoms with Crippen LogP contribution in [-0.2, 0) is 4.74 Å². The third-order valence-corrected chi connectivity index (χ3v) is 2.45. The molecular weight excluding hydrogens is 240 g/mol. The predicted molar refractivity (Wildman–Crippen MR) is 59.9 cm³/mol. The molecule has 0 atom stereocenters. The van der Waals surface area contributed by atoms with Crippen molar-refractivity contribution >= 4 is 29.4 Å². The lowest BCUT2D eigenvalue weighted by molar-refractivity contribution is 0.0603. The molecule has 2 aromatic heterocycles. The molecule has 7 nitrogen and oxygen atoms in total. The van der Waals surface area contributed by atoms with Crippen molar-refractivity contribution in [1.29, 1.82) is 0 Å². The molecule has 7 heteroatoms. The number of aromatic nitrogens is 2. The summed E-state index contributed by atoms with van der Waals surface area (Å²) < 4.78 is 5.36. The normalized spacial score (nSPS) is 10.3. The minimum atomic E-state index is -1.29. The van der Waals surface area contributed by atoms with Gasteiger partial charge < -0.3 is 9.84 Å². The molecule has 0 fully saturated rings. The molecule has 0 spiro atoms. The van der Waals surface area contributed by atoms with Gasteiger partial charge in [0.2, 0.25) is 0 Å². The minimum absolute atomic E-state index is 0.0208. The largest absolute Gasteiger partial charge is 0.465 e. The average molecular weight is 248 g/mol. The standard InChI is InChI=1S/C11H8N2O5/c1-18-10(15)7-2-3-12-9-8(7)6(5-14)4-13(9)11(16)17/h2-5H,1H3,(H,16,17). The molecule has 2 rings (SSSR count). The quantitative estimate of drug-likeness (QED) is 0.632. The molecule has 2 aromatic rings. The van der Waals surface area contributed by atoms with E-state index in [1.807, 2.05) is 0 Å². The van der Waals surface area contributed by atoms with E-state index in [1.54, 1.807) is 0 Å². The predicted octanol–water partition coefficient (Wildman–Crippen LogP) is 1.16. The molecule has 92 valence electrons. The van der Waals surface area contributed by atoms with Gasteiger partial charge in [-0.2, -0.15) is 0 Å². The third kappa shape index (κ3) is 1.61. The molecule has 0 radical (unpaired) electrons. The van der Waals surface area contributed by atoms with Crippen LogP contribution in [0.1, 0.15) is 20.7 Å². The molecular formula is C11H8N2O5. The van der Waals surface area contributed by atoms with Crippen LogP contribution in [-0.4, -0.2) is 40.1 Å². The van der Waals surface area contributed by atoms with Crippen LogP contribution in [0.4, 0.5) is 4.79 Å². The highest BCUT2D eigenvalue weighted by molar-refractivity contribution is 6.10. The van der Waals surface area contributed by atoms with Gasteiger partial charge in [0.25, 0.3) is 0 Å². The number of rotatable bonds is 2. The first-order valence-electron chi connectivity index (χ1n) is 4.87. The number of ether oxygens (including phenoxy) is 1. The molecule has 0 saturated heterocycles. The van der Waals surface area contributed by atoms with Gasteiger partial charge in [-0.25, -0.2) is 19.1 Å². The Kier molecular flexibility index (Phi) is 2.80. The van der Waals surface area contributed by atoms with Gasteiger partial charge in [0.05, 0.1) is 12.7 Å². The number of fused-ring (bicyclic) bond motifs is 1. The number of hydrogen-bond donors (Lipinski definition) is 1. The van der Waals surface area contributed by atoms with E-state index in [0.717, 1.165) is 10.8 Å². The van der Waals surface area contributed by atoms with Gasteiger partial charge in [-0.3, -0.25) is 4.79 Å². The van der Waals surface area contributed by atoms with Crippen molar-refractivity contribution in [3.8, 4) is 0 Å². The van der Waals surface area contributed by atoms with Gasteiger partial charge in [-0.05, 0) is 6.07 Å². The monoisotopic (exact) mass is 248 g/mol. The molecule has 0 bridgehead atoms. The molecule has 0 unspecified atom stereocenters. The fourth-order valence-electron chi connectivity index (χ4n) is 1.70. The van der Waals surface area contributed by atoms with E-state index >= 15 is 0 Å². The zero-order valence-corrected chi connectivity index (χ0v) is 9.28. The lowest BCUT2D eigenvalue weighted by Crippen LogP contribution is -2.08. The second-order valence-corrected chi connectivity index (χ2v) is 3.40. The number of carbonyl (C=O) groups excluding carboxylic acids is 2. The van der Waals surface area contributed by atoms with E-state index in [0.29, 0.717) is 6.29 Å². The number of aldehydes is 1. The van der Waals surface area contributed by atoms with E-state index in [9.17, 15) is 14.4 Å². The van der Waals surface area contributed by atoms with Gasteiger partial charge in [0, 0.05) is 23.3 Å². The van der Waals surface area contributed by atoms with Crippen molar-refractivity contribution in [2.75, 3.05) is 7.11 Å². The van der Waals surface area contributed by atoms with E-state index in [4.69, 9.17) is 5.11 Å². The summed E-state index contributed by atoms with van der Waals surface area (Å²) in [5, 5.41) is 9.14. The van der Waals surface area contributed by atoms with Crippen LogP contribution in [0.3, 0.4) is 0 Å². The first-order valence-corrected chi connectivity index (χ1v) is 4.87. The highest BCUT2D eigenvalue weighted by atomic mass is 16.5. The van der Waals surface area contributed by atoms with Crippen molar-refractivity contribution in [1.82, 2.24) is 9.55 Å². The van der Waals surface area contributed by atoms with E-state index in [1.165, 1.54) is 19.4 Å². The second kappa shape index (κ2) is 4.28. The summed E-state index contributed by atoms with van der Waals surface area (Å²) in [5.41, 5.74) is 0.193. The van der Waals surface area contributed by atoms with E-state index in [-0.39, 0.29) is 22.2 Å². The van der Waals surface area contributed by atoms with Gasteiger partial charge in [-0.1, -0.05) is 0 Å². The zero-order chi connectivity index (χ0) is 13.3. The molecule has 0 aliphatic heterocycles. The van der Waals surface area contributed by atoms with Gasteiger partial charge in [0.1, 0.15) is 0 Å². The highest BCUT2D eigenvalue weighted by Gasteiger charge is 2.20. The smallest absolute Gasteiger partial charge is 0.417 e. The summed E-state index contributed by atoms with van der Waals surface area (Å²) in [6.45, 7) is 0. The summed E-state index contributed by atoms with van der Waals surface area (Å²) in [5.74, 6) is -0.659. The Morgan fingerprint density at radius 3 is 2.78 bits per heavy atom. The van der Waals surface area contributed by atoms with Crippen molar-refractivity contribution in [3.05, 3.63) is 29.6 Å². The molecule has 2 heterocycles. The van der Waals surface area contributed by atoms with Crippen molar-refractivity contribution in [3.63, 3.8) is 0 Å². The molecule has 0 aromatic carbocycles. The van der Waals surface area contributed by atoms with Gasteiger partial charge in [0.15, 0.2) is 11.9 Å². The fourth-order valence-corrected chi connectivity index (χ4v) is 1.70. The third-order valence-electron chi connectivity index (χ3n) is 2.45. The van der Waals surface area contributed by atoms with Crippen LogP contribution in [0.25, 0.3) is 11.0 Å². The Morgan fingerprint density at radius 1 is 1.50 bits per heavy atom. The van der Waals surface area contributed by atoms with Gasteiger partial charge in [-0.15, -0.1) is 0 Å². The first-order chi connectivity index (χ1) is 8.60. The maximum atomic E-state index is 11.6. The van der Waals surface area contributed by atoms with Gasteiger partial charge >= 0.3 is 12.1 Å². The molecule has 1 N–H and O–H groups in total. The Hall–Kier alpha value is -2.70. The number of esters is 1. The van der Waals surface area contributed by atoms with Crippen LogP contribution in [0.2, 0.25) is 0 Å². The van der Waals surface area contributed by atoms with Crippen LogP contribution in [0.15, 0.2) is 18.5 Å². The maximum absolute atomic E-state index is 11.6. The zero-order valence-electron chi connectivity index (χ0n) is 9.28. The van der Waals surface area contributed by atoms with Crippen molar-refractivity contribution < 1.29 is 24.2 Å². The summed E-state index contributed by atoms with van der Waals surface area (Å²) in [7, 11) is 1.20. The highest BCUT2D eigenvalue weighted by Crippen LogP contribution is 2.22. The number of methoxy groups -OCH3 is 1. The molecule has 0 saturated carbocycles. The van der Waals surface area contributed by atoms with Crippen LogP contribution < -0.4 is 0 Å². The maximum Gasteiger partial charge on any atom is 0.417 e. The summed E-state index contributed by atoms with van der Waals surface area (Å²) in [6, 6.07) is 1.37. The Balaban J connectivity index is 2.87. The van der Waals surface area contributed by atoms with Crippen LogP contribution >= 0.6 is 0 Å². The second-order valence-electron chi connectivity index (χ2n) is 3.40. The Bertz CT molecular complexity index is 659. The topological polar surface area (TPSA) is 98.5 Å². The number of carbonyl (C=O) groups is 3. The number of pyridine rings is 1. The Labute approximate surface area is 101 Å². The number of carboxylic acid groups (broad SMARTS) is 1. The number of nitrogens with zero attached hydrogens (tertiary/aromatic N) is 2. The lowest BCUT2D eigenvalue weighted by atomic mass is 10.1. The molecule has 0 amide bonds. The van der Waals surface area contributed by atoms with E-state index < -0.39 is 12.1 Å². The van der Waals surface area contributed by atoms with Crippen molar-refractivity contribution in [2.24, 2.45) is 0 Å². The average Bonchev–Trinajstić information content (AvgIpc) is 2.76. The summed E-state index contributed by atoms with van der Waals surface area (Å²) in [4.78, 5) is 37.3. The fraction of sp³-hybridized carbons (Fsp3) is 0.0909. The molecule has 0 aliphatic carbocycles. The molecule has 0 aliphatic rings. The van der Waals surface area contributed by atoms with Crippen molar-refractivity contribution in [2.45, 2.75) is 0 Å².